The van der Waals surface area contributed by atoms with Gasteiger partial charge in [-0.25, -0.2) is 5.43 Å². The Balaban J connectivity index is 2.23. The van der Waals surface area contributed by atoms with E-state index < -0.39 is 11.7 Å². The normalized spacial score (nSPS) is 15.9. The third-order valence-corrected chi connectivity index (χ3v) is 2.19. The second kappa shape index (κ2) is 3.62. The van der Waals surface area contributed by atoms with Crippen molar-refractivity contribution in [3.63, 3.8) is 0 Å². The van der Waals surface area contributed by atoms with Gasteiger partial charge in [-0.1, -0.05) is 12.1 Å². The fraction of sp³-hybridized carbons (Fsp3) is 0.200. The lowest BCUT2D eigenvalue weighted by Crippen LogP contribution is -2.09. The maximum Gasteiger partial charge on any atom is 0.416 e. The molecule has 1 aromatic carbocycles. The minimum Gasteiger partial charge on any atom is -0.273 e. The average Bonchev–Trinajstić information content (AvgIpc) is 2.64. The van der Waals surface area contributed by atoms with E-state index in [-0.39, 0.29) is 12.3 Å². The van der Waals surface area contributed by atoms with E-state index in [1.165, 1.54) is 12.1 Å². The molecule has 84 valence electrons. The molecule has 1 amide bonds. The summed E-state index contributed by atoms with van der Waals surface area (Å²) in [6.45, 7) is 0. The van der Waals surface area contributed by atoms with Gasteiger partial charge in [-0.05, 0) is 17.7 Å². The van der Waals surface area contributed by atoms with Crippen molar-refractivity contribution < 1.29 is 18.0 Å². The number of nitrogens with zero attached hydrogens (tertiary/aromatic N) is 1. The summed E-state index contributed by atoms with van der Waals surface area (Å²) in [4.78, 5) is 10.8. The van der Waals surface area contributed by atoms with Crippen LogP contribution in [0.2, 0.25) is 0 Å². The van der Waals surface area contributed by atoms with Crippen molar-refractivity contribution in [1.29, 1.82) is 0 Å². The van der Waals surface area contributed by atoms with Crippen LogP contribution in [-0.2, 0) is 11.0 Å². The molecule has 1 N–H and O–H groups in total. The summed E-state index contributed by atoms with van der Waals surface area (Å²) < 4.78 is 36.8. The van der Waals surface area contributed by atoms with Crippen LogP contribution in [0, 0.1) is 0 Å². The SMILES string of the molecule is O=C1CC(c2ccc(C(F)(F)F)cc2)=NN1. The van der Waals surface area contributed by atoms with Crippen molar-refractivity contribution in [3.05, 3.63) is 35.4 Å². The van der Waals surface area contributed by atoms with Crippen LogP contribution in [0.5, 0.6) is 0 Å². The van der Waals surface area contributed by atoms with Crippen molar-refractivity contribution in [2.45, 2.75) is 12.6 Å². The minimum absolute atomic E-state index is 0.103. The van der Waals surface area contributed by atoms with Crippen molar-refractivity contribution in [2.75, 3.05) is 0 Å². The largest absolute Gasteiger partial charge is 0.416 e. The van der Waals surface area contributed by atoms with E-state index in [4.69, 9.17) is 0 Å². The Labute approximate surface area is 89.0 Å². The number of hydrazone groups is 1. The monoisotopic (exact) mass is 228 g/mol. The first kappa shape index (κ1) is 10.7. The van der Waals surface area contributed by atoms with Crippen molar-refractivity contribution in [1.82, 2.24) is 5.43 Å². The Bertz CT molecular complexity index is 448. The molecule has 2 rings (SSSR count). The molecule has 1 aromatic rings. The van der Waals surface area contributed by atoms with Gasteiger partial charge in [0, 0.05) is 0 Å². The van der Waals surface area contributed by atoms with Crippen LogP contribution in [0.1, 0.15) is 17.5 Å². The second-order valence-corrected chi connectivity index (χ2v) is 3.35. The van der Waals surface area contributed by atoms with Gasteiger partial charge < -0.3 is 0 Å². The Morgan fingerprint density at radius 1 is 1.19 bits per heavy atom. The summed E-state index contributed by atoms with van der Waals surface area (Å²) in [6.07, 6.45) is -4.24. The lowest BCUT2D eigenvalue weighted by molar-refractivity contribution is -0.137. The number of hydrogen-bond donors (Lipinski definition) is 1. The Morgan fingerprint density at radius 2 is 1.81 bits per heavy atom. The van der Waals surface area contributed by atoms with Crippen molar-refractivity contribution in [3.8, 4) is 0 Å². The highest BCUT2D eigenvalue weighted by molar-refractivity contribution is 6.13. The van der Waals surface area contributed by atoms with Gasteiger partial charge in [0.25, 0.3) is 0 Å². The molecule has 3 nitrogen and oxygen atoms in total. The van der Waals surface area contributed by atoms with Gasteiger partial charge in [0.05, 0.1) is 17.7 Å². The molecule has 16 heavy (non-hydrogen) atoms. The van der Waals surface area contributed by atoms with Crippen LogP contribution in [0.3, 0.4) is 0 Å². The van der Waals surface area contributed by atoms with Crippen LogP contribution in [0.25, 0.3) is 0 Å². The molecule has 1 aliphatic rings. The second-order valence-electron chi connectivity index (χ2n) is 3.35. The molecule has 0 bridgehead atoms. The van der Waals surface area contributed by atoms with E-state index in [1.807, 2.05) is 0 Å². The molecule has 0 unspecified atom stereocenters. The van der Waals surface area contributed by atoms with Crippen LogP contribution in [0.15, 0.2) is 29.4 Å². The van der Waals surface area contributed by atoms with Gasteiger partial charge in [-0.2, -0.15) is 18.3 Å². The molecule has 0 saturated carbocycles. The number of carbonyl (C=O) groups excluding carboxylic acids is 1. The van der Waals surface area contributed by atoms with Gasteiger partial charge in [0.15, 0.2) is 0 Å². The predicted octanol–water partition coefficient (Wildman–Crippen LogP) is 1.93. The number of halogens is 3. The highest BCUT2D eigenvalue weighted by Crippen LogP contribution is 2.29. The van der Waals surface area contributed by atoms with E-state index >= 15 is 0 Å². The molecule has 1 aliphatic heterocycles. The highest BCUT2D eigenvalue weighted by atomic mass is 19.4. The zero-order valence-electron chi connectivity index (χ0n) is 8.01. The average molecular weight is 228 g/mol. The Morgan fingerprint density at radius 3 is 2.25 bits per heavy atom. The molecule has 6 heteroatoms. The minimum atomic E-state index is -4.34. The van der Waals surface area contributed by atoms with Crippen LogP contribution < -0.4 is 5.43 Å². The van der Waals surface area contributed by atoms with E-state index in [2.05, 4.69) is 10.5 Å². The highest BCUT2D eigenvalue weighted by Gasteiger charge is 2.30. The third kappa shape index (κ3) is 2.05. The quantitative estimate of drug-likeness (QED) is 0.783. The van der Waals surface area contributed by atoms with Gasteiger partial charge in [0.1, 0.15) is 0 Å². The number of amides is 1. The molecule has 0 saturated heterocycles. The molecular formula is C10H7F3N2O. The zero-order valence-corrected chi connectivity index (χ0v) is 8.01. The third-order valence-electron chi connectivity index (χ3n) is 2.19. The number of rotatable bonds is 1. The van der Waals surface area contributed by atoms with Crippen LogP contribution in [-0.4, -0.2) is 11.6 Å². The Kier molecular flexibility index (Phi) is 2.41. The molecule has 1 heterocycles. The molecule has 0 aliphatic carbocycles. The smallest absolute Gasteiger partial charge is 0.273 e. The van der Waals surface area contributed by atoms with Crippen LogP contribution in [0.4, 0.5) is 13.2 Å². The molecule has 0 atom stereocenters. The maximum atomic E-state index is 12.3. The number of carbonyl (C=O) groups is 1. The molecule has 0 aromatic heterocycles. The van der Waals surface area contributed by atoms with Crippen molar-refractivity contribution in [2.24, 2.45) is 5.10 Å². The van der Waals surface area contributed by atoms with Crippen molar-refractivity contribution >= 4 is 11.6 Å². The van der Waals surface area contributed by atoms with Gasteiger partial charge in [0.2, 0.25) is 5.91 Å². The molecule has 0 spiro atoms. The number of hydrogen-bond acceptors (Lipinski definition) is 2. The van der Waals surface area contributed by atoms with E-state index in [9.17, 15) is 18.0 Å². The van der Waals surface area contributed by atoms with Gasteiger partial charge in [-0.3, -0.25) is 4.79 Å². The fourth-order valence-electron chi connectivity index (χ4n) is 1.38. The first-order chi connectivity index (χ1) is 7.47. The lowest BCUT2D eigenvalue weighted by Gasteiger charge is -2.06. The van der Waals surface area contributed by atoms with E-state index in [0.717, 1.165) is 12.1 Å². The van der Waals surface area contributed by atoms with E-state index in [1.54, 1.807) is 0 Å². The summed E-state index contributed by atoms with van der Waals surface area (Å²) in [5.41, 5.74) is 2.50. The summed E-state index contributed by atoms with van der Waals surface area (Å²) in [6, 6.07) is 4.56. The predicted molar refractivity (Wildman–Crippen MR) is 50.7 cm³/mol. The molecular weight excluding hydrogens is 221 g/mol. The number of alkyl halides is 3. The van der Waals surface area contributed by atoms with Gasteiger partial charge >= 0.3 is 6.18 Å². The molecule has 0 fully saturated rings. The molecule has 0 radical (unpaired) electrons. The first-order valence-corrected chi connectivity index (χ1v) is 4.50. The summed E-state index contributed by atoms with van der Waals surface area (Å²) in [7, 11) is 0. The summed E-state index contributed by atoms with van der Waals surface area (Å²) >= 11 is 0. The lowest BCUT2D eigenvalue weighted by atomic mass is 10.1. The van der Waals surface area contributed by atoms with Crippen LogP contribution >= 0.6 is 0 Å². The number of nitrogens with one attached hydrogen (secondary N) is 1. The first-order valence-electron chi connectivity index (χ1n) is 4.50. The maximum absolute atomic E-state index is 12.3. The fourth-order valence-corrected chi connectivity index (χ4v) is 1.38. The number of benzene rings is 1. The topological polar surface area (TPSA) is 41.5 Å². The summed E-state index contributed by atoms with van der Waals surface area (Å²) in [5, 5.41) is 3.71. The van der Waals surface area contributed by atoms with E-state index in [0.29, 0.717) is 11.3 Å². The summed E-state index contributed by atoms with van der Waals surface area (Å²) in [5.74, 6) is -0.255. The zero-order chi connectivity index (χ0) is 11.8. The Hall–Kier alpha value is -1.85. The van der Waals surface area contributed by atoms with Gasteiger partial charge in [-0.15, -0.1) is 0 Å². The standard InChI is InChI=1S/C10H7F3N2O/c11-10(12,13)7-3-1-6(2-4-7)8-5-9(16)15-14-8/h1-4H,5H2,(H,15,16).